The summed E-state index contributed by atoms with van der Waals surface area (Å²) in [5, 5.41) is 5.82. The van der Waals surface area contributed by atoms with Crippen LogP contribution in [-0.2, 0) is 4.79 Å². The van der Waals surface area contributed by atoms with Crippen LogP contribution in [0.25, 0.3) is 0 Å². The lowest BCUT2D eigenvalue weighted by Crippen LogP contribution is -2.40. The molecule has 0 saturated heterocycles. The van der Waals surface area contributed by atoms with Crippen LogP contribution >= 0.6 is 0 Å². The number of amides is 2. The lowest BCUT2D eigenvalue weighted by atomic mass is 9.95. The number of carbonyl (C=O) groups excluding carboxylic acids is 2. The molecule has 0 radical (unpaired) electrons. The van der Waals surface area contributed by atoms with Crippen molar-refractivity contribution in [2.24, 2.45) is 5.41 Å². The molecular weight excluding hydrogens is 338 g/mol. The number of likely N-dealkylation sites (N-methyl/N-ethyl adjacent to an activating group) is 1. The summed E-state index contributed by atoms with van der Waals surface area (Å²) in [6.45, 7) is 8.13. The van der Waals surface area contributed by atoms with Crippen LogP contribution < -0.4 is 15.5 Å². The van der Waals surface area contributed by atoms with Crippen molar-refractivity contribution in [2.45, 2.75) is 33.7 Å². The third-order valence-corrected chi connectivity index (χ3v) is 4.45. The minimum absolute atomic E-state index is 0.0850. The van der Waals surface area contributed by atoms with E-state index in [4.69, 9.17) is 0 Å². The van der Waals surface area contributed by atoms with Gasteiger partial charge in [-0.05, 0) is 37.3 Å². The van der Waals surface area contributed by atoms with Crippen LogP contribution in [-0.4, -0.2) is 31.4 Å². The van der Waals surface area contributed by atoms with E-state index in [2.05, 4.69) is 22.5 Å². The monoisotopic (exact) mass is 367 g/mol. The van der Waals surface area contributed by atoms with E-state index in [1.807, 2.05) is 58.2 Å². The van der Waals surface area contributed by atoms with E-state index in [0.717, 1.165) is 5.69 Å². The number of hydrogen-bond acceptors (Lipinski definition) is 3. The molecule has 27 heavy (non-hydrogen) atoms. The molecular formula is C22H29N3O2. The molecule has 2 amide bonds. The van der Waals surface area contributed by atoms with Gasteiger partial charge in [-0.1, -0.05) is 45.0 Å². The van der Waals surface area contributed by atoms with Gasteiger partial charge in [0.25, 0.3) is 5.91 Å². The molecule has 2 aromatic rings. The van der Waals surface area contributed by atoms with Gasteiger partial charge in [-0.3, -0.25) is 9.59 Å². The predicted octanol–water partition coefficient (Wildman–Crippen LogP) is 3.93. The number of nitrogens with zero attached hydrogens (tertiary/aromatic N) is 1. The van der Waals surface area contributed by atoms with Crippen molar-refractivity contribution in [3.8, 4) is 0 Å². The average molecular weight is 367 g/mol. The minimum atomic E-state index is -0.490. The van der Waals surface area contributed by atoms with Crippen LogP contribution in [0.15, 0.2) is 54.6 Å². The number of nitrogens with one attached hydrogen (secondary N) is 2. The zero-order valence-electron chi connectivity index (χ0n) is 16.7. The summed E-state index contributed by atoms with van der Waals surface area (Å²) >= 11 is 0. The molecule has 0 saturated carbocycles. The van der Waals surface area contributed by atoms with Gasteiger partial charge in [0.15, 0.2) is 0 Å². The third-order valence-electron chi connectivity index (χ3n) is 4.45. The maximum atomic E-state index is 12.5. The summed E-state index contributed by atoms with van der Waals surface area (Å²) in [5.74, 6) is -0.242. The lowest BCUT2D eigenvalue weighted by Gasteiger charge is -2.27. The van der Waals surface area contributed by atoms with Crippen molar-refractivity contribution < 1.29 is 9.59 Å². The zero-order valence-corrected chi connectivity index (χ0v) is 16.7. The Bertz CT molecular complexity index is 782. The van der Waals surface area contributed by atoms with Gasteiger partial charge in [0, 0.05) is 42.0 Å². The first-order chi connectivity index (χ1) is 12.7. The summed E-state index contributed by atoms with van der Waals surface area (Å²) in [7, 11) is 2.01. The Balaban J connectivity index is 1.96. The second-order valence-corrected chi connectivity index (χ2v) is 7.79. The molecule has 5 nitrogen and oxygen atoms in total. The number of carbonyl (C=O) groups is 2. The molecule has 2 N–H and O–H groups in total. The van der Waals surface area contributed by atoms with Crippen molar-refractivity contribution >= 4 is 23.2 Å². The largest absolute Gasteiger partial charge is 0.370 e. The molecule has 144 valence electrons. The standard InChI is InChI=1S/C22H29N3O2/c1-16(25(5)19-12-7-6-8-13-19)15-23-20(26)17-10-9-11-18(14-17)24-21(27)22(2,3)4/h6-14,16H,15H2,1-5H3,(H,23,26)(H,24,27). The van der Waals surface area contributed by atoms with Crippen molar-refractivity contribution in [3.63, 3.8) is 0 Å². The second-order valence-electron chi connectivity index (χ2n) is 7.79. The molecule has 0 spiro atoms. The molecule has 2 rings (SSSR count). The molecule has 0 fully saturated rings. The van der Waals surface area contributed by atoms with Crippen LogP contribution in [0.1, 0.15) is 38.1 Å². The van der Waals surface area contributed by atoms with Crippen molar-refractivity contribution in [1.82, 2.24) is 5.32 Å². The summed E-state index contributed by atoms with van der Waals surface area (Å²) in [4.78, 5) is 26.7. The van der Waals surface area contributed by atoms with Crippen LogP contribution in [0.5, 0.6) is 0 Å². The maximum absolute atomic E-state index is 12.5. The van der Waals surface area contributed by atoms with Gasteiger partial charge in [-0.15, -0.1) is 0 Å². The molecule has 0 bridgehead atoms. The first-order valence-corrected chi connectivity index (χ1v) is 9.16. The SMILES string of the molecule is CC(CNC(=O)c1cccc(NC(=O)C(C)(C)C)c1)N(C)c1ccccc1. The Morgan fingerprint density at radius 2 is 1.70 bits per heavy atom. The fourth-order valence-corrected chi connectivity index (χ4v) is 2.45. The highest BCUT2D eigenvalue weighted by Gasteiger charge is 2.21. The van der Waals surface area contributed by atoms with Gasteiger partial charge >= 0.3 is 0 Å². The van der Waals surface area contributed by atoms with Gasteiger partial charge in [0.1, 0.15) is 0 Å². The Hall–Kier alpha value is -2.82. The lowest BCUT2D eigenvalue weighted by molar-refractivity contribution is -0.123. The van der Waals surface area contributed by atoms with Gasteiger partial charge < -0.3 is 15.5 Å². The normalized spacial score (nSPS) is 12.2. The predicted molar refractivity (Wildman–Crippen MR) is 111 cm³/mol. The molecule has 0 aliphatic heterocycles. The van der Waals surface area contributed by atoms with E-state index in [0.29, 0.717) is 17.8 Å². The van der Waals surface area contributed by atoms with Crippen LogP contribution in [0.4, 0.5) is 11.4 Å². The highest BCUT2D eigenvalue weighted by atomic mass is 16.2. The second kappa shape index (κ2) is 8.71. The Morgan fingerprint density at radius 1 is 1.04 bits per heavy atom. The third kappa shape index (κ3) is 5.84. The van der Waals surface area contributed by atoms with Crippen molar-refractivity contribution in [3.05, 3.63) is 60.2 Å². The highest BCUT2D eigenvalue weighted by Crippen LogP contribution is 2.18. The van der Waals surface area contributed by atoms with E-state index in [1.165, 1.54) is 0 Å². The summed E-state index contributed by atoms with van der Waals surface area (Å²) < 4.78 is 0. The fraction of sp³-hybridized carbons (Fsp3) is 0.364. The van der Waals surface area contributed by atoms with Gasteiger partial charge in [-0.2, -0.15) is 0 Å². The Labute approximate surface area is 161 Å². The summed E-state index contributed by atoms with van der Waals surface area (Å²) in [6, 6.07) is 17.2. The molecule has 0 aromatic heterocycles. The molecule has 1 unspecified atom stereocenters. The molecule has 2 aromatic carbocycles. The fourth-order valence-electron chi connectivity index (χ4n) is 2.45. The van der Waals surface area contributed by atoms with Gasteiger partial charge in [0.05, 0.1) is 0 Å². The minimum Gasteiger partial charge on any atom is -0.370 e. The van der Waals surface area contributed by atoms with E-state index >= 15 is 0 Å². The number of benzene rings is 2. The van der Waals surface area contributed by atoms with Crippen molar-refractivity contribution in [2.75, 3.05) is 23.8 Å². The number of hydrogen-bond donors (Lipinski definition) is 2. The maximum Gasteiger partial charge on any atom is 0.251 e. The molecule has 5 heteroatoms. The molecule has 0 heterocycles. The number of anilines is 2. The first kappa shape index (κ1) is 20.5. The van der Waals surface area contributed by atoms with Gasteiger partial charge in [-0.25, -0.2) is 0 Å². The van der Waals surface area contributed by atoms with E-state index in [1.54, 1.807) is 24.3 Å². The molecule has 0 aliphatic carbocycles. The molecule has 0 aliphatic rings. The quantitative estimate of drug-likeness (QED) is 0.813. The van der Waals surface area contributed by atoms with Crippen molar-refractivity contribution in [1.29, 1.82) is 0 Å². The first-order valence-electron chi connectivity index (χ1n) is 9.16. The van der Waals surface area contributed by atoms with Crippen LogP contribution in [0.2, 0.25) is 0 Å². The molecule has 1 atom stereocenters. The Kier molecular flexibility index (Phi) is 6.61. The topological polar surface area (TPSA) is 61.4 Å². The van der Waals surface area contributed by atoms with Gasteiger partial charge in [0.2, 0.25) is 5.91 Å². The highest BCUT2D eigenvalue weighted by molar-refractivity contribution is 5.98. The van der Waals surface area contributed by atoms with E-state index < -0.39 is 5.41 Å². The number of para-hydroxylation sites is 1. The smallest absolute Gasteiger partial charge is 0.251 e. The summed E-state index contributed by atoms with van der Waals surface area (Å²) in [5.41, 5.74) is 1.76. The average Bonchev–Trinajstić information content (AvgIpc) is 2.65. The zero-order chi connectivity index (χ0) is 20.0. The van der Waals surface area contributed by atoms with Crippen LogP contribution in [0.3, 0.4) is 0 Å². The summed E-state index contributed by atoms with van der Waals surface area (Å²) in [6.07, 6.45) is 0. The Morgan fingerprint density at radius 3 is 2.33 bits per heavy atom. The van der Waals surface area contributed by atoms with E-state index in [-0.39, 0.29) is 17.9 Å². The number of rotatable bonds is 6. The van der Waals surface area contributed by atoms with Crippen LogP contribution in [0, 0.1) is 5.41 Å². The van der Waals surface area contributed by atoms with E-state index in [9.17, 15) is 9.59 Å².